The van der Waals surface area contributed by atoms with Crippen LogP contribution in [0.25, 0.3) is 5.65 Å². The second-order valence-corrected chi connectivity index (χ2v) is 5.73. The minimum Gasteiger partial charge on any atom is -0.365 e. The highest BCUT2D eigenvalue weighted by Crippen LogP contribution is 2.16. The Morgan fingerprint density at radius 2 is 2.17 bits per heavy atom. The fourth-order valence-corrected chi connectivity index (χ4v) is 3.00. The molecular weight excluding hydrogens is 296 g/mol. The molecule has 0 radical (unpaired) electrons. The Kier molecular flexibility index (Phi) is 3.99. The molecule has 3 rings (SSSR count). The molecule has 1 unspecified atom stereocenters. The molecule has 1 aliphatic rings. The molecule has 122 valence electrons. The van der Waals surface area contributed by atoms with E-state index in [0.29, 0.717) is 17.9 Å². The average molecular weight is 316 g/mol. The van der Waals surface area contributed by atoms with Gasteiger partial charge in [-0.3, -0.25) is 14.5 Å². The van der Waals surface area contributed by atoms with Crippen LogP contribution in [0.1, 0.15) is 34.7 Å². The van der Waals surface area contributed by atoms with Gasteiger partial charge in [0.05, 0.1) is 6.20 Å². The van der Waals surface area contributed by atoms with E-state index in [0.717, 1.165) is 19.6 Å². The predicted molar refractivity (Wildman–Crippen MR) is 84.1 cm³/mol. The van der Waals surface area contributed by atoms with Crippen LogP contribution in [0, 0.1) is 0 Å². The van der Waals surface area contributed by atoms with Crippen LogP contribution in [0.5, 0.6) is 0 Å². The molecule has 1 atom stereocenters. The molecule has 2 aromatic rings. The number of primary amides is 1. The predicted octanol–water partition coefficient (Wildman–Crippen LogP) is -0.00560. The van der Waals surface area contributed by atoms with Crippen molar-refractivity contribution < 1.29 is 9.59 Å². The Morgan fingerprint density at radius 1 is 1.39 bits per heavy atom. The van der Waals surface area contributed by atoms with E-state index in [1.165, 1.54) is 16.9 Å². The van der Waals surface area contributed by atoms with Crippen LogP contribution in [0.3, 0.4) is 0 Å². The van der Waals surface area contributed by atoms with Gasteiger partial charge in [-0.05, 0) is 19.5 Å². The van der Waals surface area contributed by atoms with Gasteiger partial charge in [0.15, 0.2) is 5.65 Å². The van der Waals surface area contributed by atoms with Gasteiger partial charge < -0.3 is 10.6 Å². The normalized spacial score (nSPS) is 19.2. The monoisotopic (exact) mass is 316 g/mol. The fourth-order valence-electron chi connectivity index (χ4n) is 3.00. The van der Waals surface area contributed by atoms with E-state index >= 15 is 0 Å². The Bertz CT molecular complexity index is 756. The van der Waals surface area contributed by atoms with Crippen LogP contribution in [0.2, 0.25) is 0 Å². The van der Waals surface area contributed by atoms with Gasteiger partial charge in [0.25, 0.3) is 11.8 Å². The van der Waals surface area contributed by atoms with Crippen molar-refractivity contribution in [2.45, 2.75) is 19.9 Å². The van der Waals surface area contributed by atoms with Crippen molar-refractivity contribution in [2.75, 3.05) is 26.2 Å². The van der Waals surface area contributed by atoms with E-state index in [2.05, 4.69) is 21.9 Å². The fraction of sp³-hybridized carbons (Fsp3) is 0.467. The molecule has 2 aromatic heterocycles. The molecule has 2 amide bonds. The van der Waals surface area contributed by atoms with Crippen LogP contribution in [0.15, 0.2) is 18.5 Å². The van der Waals surface area contributed by atoms with Crippen LogP contribution in [-0.4, -0.2) is 68.4 Å². The average Bonchev–Trinajstić information content (AvgIpc) is 2.98. The lowest BCUT2D eigenvalue weighted by Gasteiger charge is -2.39. The molecule has 23 heavy (non-hydrogen) atoms. The summed E-state index contributed by atoms with van der Waals surface area (Å²) in [5.74, 6) is -0.721. The third-order valence-corrected chi connectivity index (χ3v) is 4.31. The van der Waals surface area contributed by atoms with E-state index in [1.54, 1.807) is 6.07 Å². The van der Waals surface area contributed by atoms with Gasteiger partial charge in [-0.1, -0.05) is 6.92 Å². The molecular formula is C15H20N6O2. The van der Waals surface area contributed by atoms with Gasteiger partial charge in [-0.15, -0.1) is 0 Å². The molecule has 0 bridgehead atoms. The Morgan fingerprint density at radius 3 is 2.83 bits per heavy atom. The highest BCUT2D eigenvalue weighted by Gasteiger charge is 2.29. The largest absolute Gasteiger partial charge is 0.365 e. The first-order valence-electron chi connectivity index (χ1n) is 7.68. The SMILES string of the molecule is CCN1CCN(C(=O)c2ccnc3c(C(N)=O)cnn23)C(C)C1. The Hall–Kier alpha value is -2.48. The van der Waals surface area contributed by atoms with Crippen molar-refractivity contribution in [1.82, 2.24) is 24.4 Å². The zero-order valence-electron chi connectivity index (χ0n) is 13.3. The summed E-state index contributed by atoms with van der Waals surface area (Å²) >= 11 is 0. The number of nitrogens with zero attached hydrogens (tertiary/aromatic N) is 5. The number of rotatable bonds is 3. The number of hydrogen-bond acceptors (Lipinski definition) is 5. The molecule has 0 saturated carbocycles. The number of carbonyl (C=O) groups is 2. The van der Waals surface area contributed by atoms with Gasteiger partial charge in [-0.25, -0.2) is 9.50 Å². The summed E-state index contributed by atoms with van der Waals surface area (Å²) < 4.78 is 1.39. The minimum absolute atomic E-state index is 0.111. The van der Waals surface area contributed by atoms with Crippen molar-refractivity contribution in [3.8, 4) is 0 Å². The number of carbonyl (C=O) groups excluding carboxylic acids is 2. The first-order chi connectivity index (χ1) is 11.0. The second kappa shape index (κ2) is 5.96. The number of piperazine rings is 1. The molecule has 1 aliphatic heterocycles. The summed E-state index contributed by atoms with van der Waals surface area (Å²) in [7, 11) is 0. The van der Waals surface area contributed by atoms with E-state index < -0.39 is 5.91 Å². The molecule has 1 saturated heterocycles. The summed E-state index contributed by atoms with van der Waals surface area (Å²) in [5.41, 5.74) is 6.22. The number of fused-ring (bicyclic) bond motifs is 1. The molecule has 0 spiro atoms. The summed E-state index contributed by atoms with van der Waals surface area (Å²) in [5, 5.41) is 4.11. The van der Waals surface area contributed by atoms with Crippen molar-refractivity contribution in [3.63, 3.8) is 0 Å². The molecule has 3 heterocycles. The lowest BCUT2D eigenvalue weighted by molar-refractivity contribution is 0.0491. The lowest BCUT2D eigenvalue weighted by Crippen LogP contribution is -2.54. The number of aromatic nitrogens is 3. The van der Waals surface area contributed by atoms with E-state index in [-0.39, 0.29) is 17.5 Å². The number of nitrogens with two attached hydrogens (primary N) is 1. The van der Waals surface area contributed by atoms with Gasteiger partial charge in [-0.2, -0.15) is 5.10 Å². The third kappa shape index (κ3) is 2.65. The van der Waals surface area contributed by atoms with Crippen LogP contribution in [0.4, 0.5) is 0 Å². The zero-order valence-corrected chi connectivity index (χ0v) is 13.3. The maximum absolute atomic E-state index is 12.9. The van der Waals surface area contributed by atoms with Crippen LogP contribution >= 0.6 is 0 Å². The van der Waals surface area contributed by atoms with Crippen molar-refractivity contribution in [2.24, 2.45) is 5.73 Å². The summed E-state index contributed by atoms with van der Waals surface area (Å²) in [6.07, 6.45) is 2.85. The summed E-state index contributed by atoms with van der Waals surface area (Å²) in [6, 6.07) is 1.73. The highest BCUT2D eigenvalue weighted by molar-refractivity contribution is 5.99. The maximum atomic E-state index is 12.9. The molecule has 2 N–H and O–H groups in total. The second-order valence-electron chi connectivity index (χ2n) is 5.73. The quantitative estimate of drug-likeness (QED) is 0.859. The Balaban J connectivity index is 1.94. The smallest absolute Gasteiger partial charge is 0.272 e. The summed E-state index contributed by atoms with van der Waals surface area (Å²) in [6.45, 7) is 7.50. The van der Waals surface area contributed by atoms with Crippen molar-refractivity contribution in [1.29, 1.82) is 0 Å². The number of likely N-dealkylation sites (N-methyl/N-ethyl adjacent to an activating group) is 1. The van der Waals surface area contributed by atoms with Crippen molar-refractivity contribution in [3.05, 3.63) is 29.7 Å². The molecule has 1 fully saturated rings. The van der Waals surface area contributed by atoms with Crippen LogP contribution in [-0.2, 0) is 0 Å². The standard InChI is InChI=1S/C15H20N6O2/c1-3-19-6-7-20(10(2)9-19)15(23)12-4-5-17-14-11(13(16)22)8-18-21(12)14/h4-5,8,10H,3,6-7,9H2,1-2H3,(H2,16,22). The first kappa shape index (κ1) is 15.4. The lowest BCUT2D eigenvalue weighted by atomic mass is 10.1. The van der Waals surface area contributed by atoms with Gasteiger partial charge >= 0.3 is 0 Å². The molecule has 0 aromatic carbocycles. The third-order valence-electron chi connectivity index (χ3n) is 4.31. The molecule has 8 nitrogen and oxygen atoms in total. The van der Waals surface area contributed by atoms with E-state index in [1.807, 2.05) is 11.8 Å². The van der Waals surface area contributed by atoms with E-state index in [4.69, 9.17) is 5.73 Å². The van der Waals surface area contributed by atoms with Gasteiger partial charge in [0.1, 0.15) is 11.3 Å². The van der Waals surface area contributed by atoms with Gasteiger partial charge in [0.2, 0.25) is 0 Å². The molecule has 8 heteroatoms. The van der Waals surface area contributed by atoms with Crippen LogP contribution < -0.4 is 5.73 Å². The minimum atomic E-state index is -0.609. The van der Waals surface area contributed by atoms with E-state index in [9.17, 15) is 9.59 Å². The topological polar surface area (TPSA) is 96.8 Å². The highest BCUT2D eigenvalue weighted by atomic mass is 16.2. The number of hydrogen-bond donors (Lipinski definition) is 1. The Labute approximate surface area is 133 Å². The van der Waals surface area contributed by atoms with Gasteiger partial charge in [0, 0.05) is 31.9 Å². The zero-order chi connectivity index (χ0) is 16.6. The molecule has 0 aliphatic carbocycles. The van der Waals surface area contributed by atoms with Crippen molar-refractivity contribution >= 4 is 17.5 Å². The maximum Gasteiger partial charge on any atom is 0.272 e. The first-order valence-corrected chi connectivity index (χ1v) is 7.68. The number of amides is 2. The summed E-state index contributed by atoms with van der Waals surface area (Å²) in [4.78, 5) is 32.6.